The fourth-order valence-corrected chi connectivity index (χ4v) is 3.63. The Balaban J connectivity index is 1.80. The van der Waals surface area contributed by atoms with Gasteiger partial charge in [-0.05, 0) is 61.3 Å². The molecule has 32 heavy (non-hydrogen) atoms. The van der Waals surface area contributed by atoms with Crippen LogP contribution in [0.2, 0.25) is 0 Å². The highest BCUT2D eigenvalue weighted by Gasteiger charge is 2.21. The quantitative estimate of drug-likeness (QED) is 0.376. The third kappa shape index (κ3) is 3.36. The number of nitrogens with two attached hydrogens (primary N) is 1. The molecule has 5 rings (SSSR count). The maximum atomic E-state index is 10.1. The zero-order chi connectivity index (χ0) is 22.5. The Morgan fingerprint density at radius 1 is 1.19 bits per heavy atom. The summed E-state index contributed by atoms with van der Waals surface area (Å²) in [4.78, 5) is 12.7. The standard InChI is InChI=1S/C23H21N7O2/c1-4-30-18-12-17(13-5-6-15-14(11-13)8-10-25-15)26-16(7-9-23(2,3)31)19(18)27-22(30)20-21(24)29-32-28-20/h5-6,8,10-12,25,31H,4H2,1-3H3,(H2,24,29). The number of aryl methyl sites for hydroxylation is 1. The van der Waals surface area contributed by atoms with Crippen LogP contribution in [0.5, 0.6) is 0 Å². The number of nitrogens with zero attached hydrogens (tertiary/aromatic N) is 5. The number of rotatable bonds is 3. The Bertz CT molecular complexity index is 1520. The number of nitrogens with one attached hydrogen (secondary N) is 1. The molecule has 0 aliphatic heterocycles. The maximum Gasteiger partial charge on any atom is 0.199 e. The smallest absolute Gasteiger partial charge is 0.199 e. The van der Waals surface area contributed by atoms with Gasteiger partial charge in [-0.15, -0.1) is 0 Å². The summed E-state index contributed by atoms with van der Waals surface area (Å²) in [6, 6.07) is 10.1. The molecule has 0 aliphatic carbocycles. The molecule has 4 heterocycles. The zero-order valence-electron chi connectivity index (χ0n) is 17.8. The number of fused-ring (bicyclic) bond motifs is 2. The van der Waals surface area contributed by atoms with Gasteiger partial charge in [-0.3, -0.25) is 0 Å². The number of pyridine rings is 1. The SMILES string of the molecule is CCn1c(-c2nonc2N)nc2c(C#CC(C)(C)O)nc(-c3ccc4[nH]ccc4c3)cc21. The third-order valence-corrected chi connectivity index (χ3v) is 5.11. The summed E-state index contributed by atoms with van der Waals surface area (Å²) < 4.78 is 6.76. The first-order valence-electron chi connectivity index (χ1n) is 10.2. The highest BCUT2D eigenvalue weighted by Crippen LogP contribution is 2.31. The largest absolute Gasteiger partial charge is 0.379 e. The van der Waals surface area contributed by atoms with E-state index in [0.29, 0.717) is 29.3 Å². The number of hydrogen-bond donors (Lipinski definition) is 3. The van der Waals surface area contributed by atoms with Gasteiger partial charge in [0.15, 0.2) is 17.3 Å². The van der Waals surface area contributed by atoms with Crippen LogP contribution in [0.4, 0.5) is 5.82 Å². The van der Waals surface area contributed by atoms with E-state index in [9.17, 15) is 5.11 Å². The van der Waals surface area contributed by atoms with Crippen molar-refractivity contribution in [1.82, 2.24) is 29.8 Å². The Morgan fingerprint density at radius 3 is 2.75 bits per heavy atom. The van der Waals surface area contributed by atoms with Gasteiger partial charge in [0.25, 0.3) is 0 Å². The van der Waals surface area contributed by atoms with E-state index in [-0.39, 0.29) is 5.82 Å². The number of benzene rings is 1. The van der Waals surface area contributed by atoms with Crippen LogP contribution >= 0.6 is 0 Å². The number of anilines is 1. The van der Waals surface area contributed by atoms with E-state index in [0.717, 1.165) is 27.7 Å². The lowest BCUT2D eigenvalue weighted by molar-refractivity contribution is 0.143. The molecule has 0 saturated carbocycles. The van der Waals surface area contributed by atoms with Gasteiger partial charge in [-0.2, -0.15) is 0 Å². The van der Waals surface area contributed by atoms with Crippen molar-refractivity contribution < 1.29 is 9.74 Å². The van der Waals surface area contributed by atoms with Crippen LogP contribution in [0, 0.1) is 11.8 Å². The van der Waals surface area contributed by atoms with Crippen molar-refractivity contribution in [3.63, 3.8) is 0 Å². The summed E-state index contributed by atoms with van der Waals surface area (Å²) in [7, 11) is 0. The molecule has 1 aromatic carbocycles. The van der Waals surface area contributed by atoms with E-state index in [4.69, 9.17) is 20.3 Å². The Labute approximate surface area is 183 Å². The number of hydrogen-bond acceptors (Lipinski definition) is 7. The van der Waals surface area contributed by atoms with Gasteiger partial charge < -0.3 is 20.4 Å². The summed E-state index contributed by atoms with van der Waals surface area (Å²) in [6.45, 7) is 5.86. The molecular weight excluding hydrogens is 406 g/mol. The Kier molecular flexibility index (Phi) is 4.46. The lowest BCUT2D eigenvalue weighted by Crippen LogP contribution is -2.14. The number of aromatic nitrogens is 6. The van der Waals surface area contributed by atoms with Crippen molar-refractivity contribution in [1.29, 1.82) is 0 Å². The predicted octanol–water partition coefficient (Wildman–Crippen LogP) is 3.35. The van der Waals surface area contributed by atoms with E-state index in [1.54, 1.807) is 13.8 Å². The summed E-state index contributed by atoms with van der Waals surface area (Å²) in [5.74, 6) is 6.53. The van der Waals surface area contributed by atoms with Crippen LogP contribution in [0.3, 0.4) is 0 Å². The van der Waals surface area contributed by atoms with Crippen molar-refractivity contribution in [2.24, 2.45) is 0 Å². The van der Waals surface area contributed by atoms with Gasteiger partial charge in [0.2, 0.25) is 0 Å². The van der Waals surface area contributed by atoms with Gasteiger partial charge in [0.05, 0.1) is 11.2 Å². The molecule has 0 radical (unpaired) electrons. The summed E-state index contributed by atoms with van der Waals surface area (Å²) >= 11 is 0. The van der Waals surface area contributed by atoms with Crippen LogP contribution in [-0.2, 0) is 6.54 Å². The lowest BCUT2D eigenvalue weighted by Gasteiger charge is -2.08. The van der Waals surface area contributed by atoms with Crippen molar-refractivity contribution in [3.05, 3.63) is 42.2 Å². The second-order valence-electron chi connectivity index (χ2n) is 7.99. The fourth-order valence-electron chi connectivity index (χ4n) is 3.63. The topological polar surface area (TPSA) is 132 Å². The summed E-state index contributed by atoms with van der Waals surface area (Å²) in [5, 5.41) is 18.8. The highest BCUT2D eigenvalue weighted by atomic mass is 16.6. The van der Waals surface area contributed by atoms with Crippen LogP contribution in [0.1, 0.15) is 26.5 Å². The molecule has 0 bridgehead atoms. The molecule has 0 fully saturated rings. The Hall–Kier alpha value is -4.16. The molecule has 9 heteroatoms. The van der Waals surface area contributed by atoms with Gasteiger partial charge in [0, 0.05) is 29.2 Å². The van der Waals surface area contributed by atoms with Gasteiger partial charge >= 0.3 is 0 Å². The molecule has 160 valence electrons. The maximum absolute atomic E-state index is 10.1. The van der Waals surface area contributed by atoms with Crippen molar-refractivity contribution >= 4 is 27.8 Å². The molecule has 0 atom stereocenters. The van der Waals surface area contributed by atoms with Gasteiger partial charge in [0.1, 0.15) is 16.8 Å². The third-order valence-electron chi connectivity index (χ3n) is 5.11. The molecule has 5 aromatic rings. The van der Waals surface area contributed by atoms with E-state index < -0.39 is 5.60 Å². The van der Waals surface area contributed by atoms with Gasteiger partial charge in [-0.1, -0.05) is 12.0 Å². The summed E-state index contributed by atoms with van der Waals surface area (Å²) in [5.41, 5.74) is 9.72. The Morgan fingerprint density at radius 2 is 2.03 bits per heavy atom. The summed E-state index contributed by atoms with van der Waals surface area (Å²) in [6.07, 6.45) is 1.90. The number of aromatic amines is 1. The second kappa shape index (κ2) is 7.21. The van der Waals surface area contributed by atoms with E-state index in [1.807, 2.05) is 42.0 Å². The predicted molar refractivity (Wildman–Crippen MR) is 121 cm³/mol. The molecule has 9 nitrogen and oxygen atoms in total. The molecular formula is C23H21N7O2. The van der Waals surface area contributed by atoms with Crippen LogP contribution in [0.15, 0.2) is 41.2 Å². The van der Waals surface area contributed by atoms with Crippen molar-refractivity contribution in [3.8, 4) is 34.6 Å². The lowest BCUT2D eigenvalue weighted by atomic mass is 10.1. The van der Waals surface area contributed by atoms with Gasteiger partial charge in [-0.25, -0.2) is 14.6 Å². The number of H-pyrrole nitrogens is 1. The first-order valence-corrected chi connectivity index (χ1v) is 10.2. The fraction of sp³-hybridized carbons (Fsp3) is 0.217. The molecule has 4 aromatic heterocycles. The number of aliphatic hydroxyl groups is 1. The minimum absolute atomic E-state index is 0.158. The molecule has 0 aliphatic rings. The first-order chi connectivity index (χ1) is 15.3. The van der Waals surface area contributed by atoms with Crippen LogP contribution in [-0.4, -0.2) is 40.5 Å². The number of imidazole rings is 1. The molecule has 0 spiro atoms. The van der Waals surface area contributed by atoms with Crippen LogP contribution < -0.4 is 5.73 Å². The van der Waals surface area contributed by atoms with Crippen molar-refractivity contribution in [2.75, 3.05) is 5.73 Å². The molecule has 0 saturated heterocycles. The highest BCUT2D eigenvalue weighted by molar-refractivity contribution is 5.90. The van der Waals surface area contributed by atoms with E-state index >= 15 is 0 Å². The second-order valence-corrected chi connectivity index (χ2v) is 7.99. The average molecular weight is 427 g/mol. The molecule has 4 N–H and O–H groups in total. The van der Waals surface area contributed by atoms with Crippen molar-refractivity contribution in [2.45, 2.75) is 32.9 Å². The number of nitrogen functional groups attached to an aromatic ring is 1. The zero-order valence-corrected chi connectivity index (χ0v) is 17.8. The molecule has 0 amide bonds. The minimum Gasteiger partial charge on any atom is -0.379 e. The minimum atomic E-state index is -1.18. The first kappa shape index (κ1) is 19.8. The van der Waals surface area contributed by atoms with E-state index in [1.165, 1.54) is 0 Å². The molecule has 0 unspecified atom stereocenters. The normalized spacial score (nSPS) is 11.8. The van der Waals surface area contributed by atoms with E-state index in [2.05, 4.69) is 33.2 Å². The van der Waals surface area contributed by atoms with Crippen LogP contribution in [0.25, 0.3) is 44.7 Å². The monoisotopic (exact) mass is 427 g/mol. The average Bonchev–Trinajstić information content (AvgIpc) is 3.47.